The van der Waals surface area contributed by atoms with Crippen LogP contribution in [0.4, 0.5) is 5.82 Å². The molecule has 15 heavy (non-hydrogen) atoms. The van der Waals surface area contributed by atoms with E-state index in [2.05, 4.69) is 10.4 Å². The molecular weight excluding hydrogens is 194 g/mol. The first-order valence-corrected chi connectivity index (χ1v) is 5.07. The molecule has 0 saturated carbocycles. The Labute approximate surface area is 87.5 Å². The van der Waals surface area contributed by atoms with Crippen molar-refractivity contribution >= 4 is 17.6 Å². The number of carbonyl (C=O) groups excluding carboxylic acids is 2. The van der Waals surface area contributed by atoms with Gasteiger partial charge in [-0.25, -0.2) is 0 Å². The van der Waals surface area contributed by atoms with Crippen LogP contribution in [0, 0.1) is 5.92 Å². The van der Waals surface area contributed by atoms with Crippen LogP contribution in [-0.2, 0) is 11.2 Å². The molecule has 1 aromatic rings. The molecule has 0 fully saturated rings. The standard InChI is InChI=1S/C10H13N3O2/c1-3-4-7-5-8-11-9(14)6(2)10(15)13(8)12-7/h5-6H,3-4H2,1-2H3,(H,11,14). The fourth-order valence-corrected chi connectivity index (χ4v) is 1.60. The number of rotatable bonds is 2. The average molecular weight is 207 g/mol. The maximum Gasteiger partial charge on any atom is 0.261 e. The number of aromatic nitrogens is 2. The Bertz CT molecular complexity index is 422. The number of carbonyl (C=O) groups is 2. The first kappa shape index (κ1) is 9.89. The summed E-state index contributed by atoms with van der Waals surface area (Å²) in [5, 5.41) is 6.82. The van der Waals surface area contributed by atoms with E-state index < -0.39 is 5.92 Å². The SMILES string of the molecule is CCCc1cc2n(n1)C(=O)C(C)C(=O)N2. The van der Waals surface area contributed by atoms with Crippen molar-refractivity contribution in [2.24, 2.45) is 5.92 Å². The van der Waals surface area contributed by atoms with E-state index in [4.69, 9.17) is 0 Å². The van der Waals surface area contributed by atoms with Crippen LogP contribution in [0.25, 0.3) is 0 Å². The van der Waals surface area contributed by atoms with Crippen molar-refractivity contribution in [3.8, 4) is 0 Å². The Hall–Kier alpha value is -1.65. The third-order valence-electron chi connectivity index (χ3n) is 2.49. The second-order valence-corrected chi connectivity index (χ2v) is 3.73. The van der Waals surface area contributed by atoms with Crippen LogP contribution in [-0.4, -0.2) is 21.6 Å². The number of nitrogens with zero attached hydrogens (tertiary/aromatic N) is 2. The van der Waals surface area contributed by atoms with E-state index >= 15 is 0 Å². The Morgan fingerprint density at radius 1 is 1.53 bits per heavy atom. The second-order valence-electron chi connectivity index (χ2n) is 3.73. The molecular formula is C10H13N3O2. The number of amides is 1. The van der Waals surface area contributed by atoms with Crippen LogP contribution >= 0.6 is 0 Å². The van der Waals surface area contributed by atoms with Crippen molar-refractivity contribution in [1.82, 2.24) is 9.78 Å². The second kappa shape index (κ2) is 3.49. The van der Waals surface area contributed by atoms with Gasteiger partial charge in [-0.1, -0.05) is 13.3 Å². The molecule has 0 aromatic carbocycles. The molecule has 0 saturated heterocycles. The summed E-state index contributed by atoms with van der Waals surface area (Å²) in [6, 6.07) is 1.76. The lowest BCUT2D eigenvalue weighted by atomic mass is 10.1. The highest BCUT2D eigenvalue weighted by Crippen LogP contribution is 2.19. The summed E-state index contributed by atoms with van der Waals surface area (Å²) in [4.78, 5) is 23.0. The molecule has 0 radical (unpaired) electrons. The van der Waals surface area contributed by atoms with Crippen molar-refractivity contribution in [1.29, 1.82) is 0 Å². The Balaban J connectivity index is 2.38. The zero-order valence-corrected chi connectivity index (χ0v) is 8.78. The van der Waals surface area contributed by atoms with Crippen LogP contribution < -0.4 is 5.32 Å². The molecule has 1 N–H and O–H groups in total. The molecule has 1 aliphatic heterocycles. The predicted molar refractivity (Wildman–Crippen MR) is 54.6 cm³/mol. The van der Waals surface area contributed by atoms with Crippen molar-refractivity contribution < 1.29 is 9.59 Å². The fraction of sp³-hybridized carbons (Fsp3) is 0.500. The molecule has 5 nitrogen and oxygen atoms in total. The minimum Gasteiger partial charge on any atom is -0.310 e. The summed E-state index contributed by atoms with van der Waals surface area (Å²) in [5.41, 5.74) is 0.843. The zero-order valence-electron chi connectivity index (χ0n) is 8.78. The molecule has 1 aromatic heterocycles. The summed E-state index contributed by atoms with van der Waals surface area (Å²) < 4.78 is 1.29. The summed E-state index contributed by atoms with van der Waals surface area (Å²) in [7, 11) is 0. The zero-order chi connectivity index (χ0) is 11.0. The summed E-state index contributed by atoms with van der Waals surface area (Å²) >= 11 is 0. The number of fused-ring (bicyclic) bond motifs is 1. The highest BCUT2D eigenvalue weighted by atomic mass is 16.2. The topological polar surface area (TPSA) is 64.0 Å². The van der Waals surface area contributed by atoms with Gasteiger partial charge in [-0.3, -0.25) is 9.59 Å². The molecule has 2 heterocycles. The van der Waals surface area contributed by atoms with Gasteiger partial charge in [-0.2, -0.15) is 9.78 Å². The van der Waals surface area contributed by atoms with Crippen molar-refractivity contribution in [3.63, 3.8) is 0 Å². The molecule has 1 atom stereocenters. The third-order valence-corrected chi connectivity index (χ3v) is 2.49. The molecule has 1 amide bonds. The average Bonchev–Trinajstić information content (AvgIpc) is 2.58. The fourth-order valence-electron chi connectivity index (χ4n) is 1.60. The minimum atomic E-state index is -0.646. The molecule has 1 aliphatic rings. The van der Waals surface area contributed by atoms with Gasteiger partial charge in [0.15, 0.2) is 0 Å². The van der Waals surface area contributed by atoms with Gasteiger partial charge in [0.2, 0.25) is 5.91 Å². The Morgan fingerprint density at radius 2 is 2.27 bits per heavy atom. The normalized spacial score (nSPS) is 20.0. The number of hydrogen-bond acceptors (Lipinski definition) is 3. The number of aryl methyl sites for hydroxylation is 1. The van der Waals surface area contributed by atoms with E-state index in [0.29, 0.717) is 5.82 Å². The first-order valence-electron chi connectivity index (χ1n) is 5.07. The van der Waals surface area contributed by atoms with Crippen molar-refractivity contribution in [2.75, 3.05) is 5.32 Å². The molecule has 0 bridgehead atoms. The summed E-state index contributed by atoms with van der Waals surface area (Å²) in [6.07, 6.45) is 1.78. The van der Waals surface area contributed by atoms with Crippen molar-refractivity contribution in [3.05, 3.63) is 11.8 Å². The van der Waals surface area contributed by atoms with Gasteiger partial charge in [0.25, 0.3) is 5.91 Å². The smallest absolute Gasteiger partial charge is 0.261 e. The van der Waals surface area contributed by atoms with Gasteiger partial charge < -0.3 is 5.32 Å². The molecule has 0 aliphatic carbocycles. The lowest BCUT2D eigenvalue weighted by molar-refractivity contribution is -0.118. The van der Waals surface area contributed by atoms with E-state index in [0.717, 1.165) is 18.5 Å². The Morgan fingerprint density at radius 3 is 2.93 bits per heavy atom. The molecule has 5 heteroatoms. The van der Waals surface area contributed by atoms with E-state index in [1.807, 2.05) is 6.92 Å². The largest absolute Gasteiger partial charge is 0.310 e. The van der Waals surface area contributed by atoms with Gasteiger partial charge in [0.1, 0.15) is 11.7 Å². The lowest BCUT2D eigenvalue weighted by Gasteiger charge is -2.17. The van der Waals surface area contributed by atoms with Gasteiger partial charge in [0.05, 0.1) is 5.69 Å². The van der Waals surface area contributed by atoms with E-state index in [1.54, 1.807) is 13.0 Å². The van der Waals surface area contributed by atoms with Gasteiger partial charge in [-0.15, -0.1) is 0 Å². The maximum absolute atomic E-state index is 11.7. The highest BCUT2D eigenvalue weighted by Gasteiger charge is 2.31. The summed E-state index contributed by atoms with van der Waals surface area (Å²) in [6.45, 7) is 3.63. The molecule has 0 spiro atoms. The maximum atomic E-state index is 11.7. The van der Waals surface area contributed by atoms with E-state index in [-0.39, 0.29) is 11.8 Å². The predicted octanol–water partition coefficient (Wildman–Crippen LogP) is 1.06. The Kier molecular flexibility index (Phi) is 2.30. The number of nitrogens with one attached hydrogen (secondary N) is 1. The van der Waals surface area contributed by atoms with Gasteiger partial charge >= 0.3 is 0 Å². The molecule has 80 valence electrons. The molecule has 1 unspecified atom stereocenters. The quantitative estimate of drug-likeness (QED) is 0.737. The third kappa shape index (κ3) is 1.54. The number of hydrogen-bond donors (Lipinski definition) is 1. The van der Waals surface area contributed by atoms with Crippen LogP contribution in [0.2, 0.25) is 0 Å². The van der Waals surface area contributed by atoms with E-state index in [1.165, 1.54) is 4.68 Å². The minimum absolute atomic E-state index is 0.254. The highest BCUT2D eigenvalue weighted by molar-refractivity contribution is 6.10. The lowest BCUT2D eigenvalue weighted by Crippen LogP contribution is -2.37. The van der Waals surface area contributed by atoms with Crippen molar-refractivity contribution in [2.45, 2.75) is 26.7 Å². The van der Waals surface area contributed by atoms with Crippen LogP contribution in [0.15, 0.2) is 6.07 Å². The molecule has 2 rings (SSSR count). The van der Waals surface area contributed by atoms with Crippen LogP contribution in [0.5, 0.6) is 0 Å². The van der Waals surface area contributed by atoms with Crippen LogP contribution in [0.1, 0.15) is 30.8 Å². The number of anilines is 1. The van der Waals surface area contributed by atoms with Crippen LogP contribution in [0.3, 0.4) is 0 Å². The monoisotopic (exact) mass is 207 g/mol. The van der Waals surface area contributed by atoms with E-state index in [9.17, 15) is 9.59 Å². The first-order chi connectivity index (χ1) is 7.13. The van der Waals surface area contributed by atoms with Gasteiger partial charge in [0, 0.05) is 6.07 Å². The summed E-state index contributed by atoms with van der Waals surface area (Å²) in [5.74, 6) is -0.662. The van der Waals surface area contributed by atoms with Gasteiger partial charge in [-0.05, 0) is 13.3 Å².